The van der Waals surface area contributed by atoms with Crippen molar-refractivity contribution in [2.24, 2.45) is 5.92 Å². The smallest absolute Gasteiger partial charge is 0.257 e. The van der Waals surface area contributed by atoms with E-state index in [2.05, 4.69) is 42.7 Å². The van der Waals surface area contributed by atoms with Gasteiger partial charge in [-0.2, -0.15) is 5.10 Å². The molecule has 3 N–H and O–H groups in total. The second-order valence-corrected chi connectivity index (χ2v) is 12.5. The van der Waals surface area contributed by atoms with Gasteiger partial charge in [-0.3, -0.25) is 20.0 Å². The van der Waals surface area contributed by atoms with E-state index in [1.807, 2.05) is 29.2 Å². The summed E-state index contributed by atoms with van der Waals surface area (Å²) in [5.41, 5.74) is 1.96. The Bertz CT molecular complexity index is 1760. The molecule has 11 nitrogen and oxygen atoms in total. The number of nitrogens with one attached hydrogen (secondary N) is 3. The summed E-state index contributed by atoms with van der Waals surface area (Å²) in [6.45, 7) is 3.40. The molecule has 2 saturated heterocycles. The molecule has 1 atom stereocenters. The average Bonchev–Trinajstić information content (AvgIpc) is 3.65. The van der Waals surface area contributed by atoms with Crippen molar-refractivity contribution >= 4 is 55.4 Å². The molecule has 0 radical (unpaired) electrons. The number of H-pyrrole nitrogens is 1. The first kappa shape index (κ1) is 28.2. The lowest BCUT2D eigenvalue weighted by atomic mass is 9.94. The number of ether oxygens (including phenoxy) is 1. The minimum Gasteiger partial charge on any atom is -0.456 e. The van der Waals surface area contributed by atoms with Gasteiger partial charge in [0.25, 0.3) is 5.91 Å². The molecule has 0 saturated carbocycles. The fourth-order valence-corrected chi connectivity index (χ4v) is 6.87. The molecule has 2 aliphatic rings. The number of para-hydroxylation sites is 1. The SMILES string of the molecule is CN1CCC(C(=O)N2CCCC(Nc3n[nH]c4nccc(Oc5ccc(C(=O)Nc6nc7ccccc7s6)cc5)c34)C2)CC1. The fourth-order valence-electron chi connectivity index (χ4n) is 6.01. The van der Waals surface area contributed by atoms with Crippen molar-refractivity contribution in [1.82, 2.24) is 30.0 Å². The Morgan fingerprint density at radius 2 is 1.84 bits per heavy atom. The van der Waals surface area contributed by atoms with Crippen LogP contribution in [-0.4, -0.2) is 81.0 Å². The first-order valence-corrected chi connectivity index (χ1v) is 15.8. The van der Waals surface area contributed by atoms with E-state index in [1.54, 1.807) is 36.5 Å². The van der Waals surface area contributed by atoms with E-state index in [1.165, 1.54) is 11.3 Å². The van der Waals surface area contributed by atoms with E-state index in [-0.39, 0.29) is 23.8 Å². The summed E-state index contributed by atoms with van der Waals surface area (Å²) >= 11 is 1.44. The number of carbonyl (C=O) groups excluding carboxylic acids is 2. The highest BCUT2D eigenvalue weighted by Gasteiger charge is 2.31. The van der Waals surface area contributed by atoms with Crippen molar-refractivity contribution in [1.29, 1.82) is 0 Å². The van der Waals surface area contributed by atoms with Crippen LogP contribution in [0.4, 0.5) is 10.9 Å². The average molecular weight is 611 g/mol. The van der Waals surface area contributed by atoms with Gasteiger partial charge in [0.2, 0.25) is 5.91 Å². The maximum Gasteiger partial charge on any atom is 0.257 e. The quantitative estimate of drug-likeness (QED) is 0.225. The lowest BCUT2D eigenvalue weighted by Crippen LogP contribution is -2.49. The number of benzene rings is 2. The molecule has 0 spiro atoms. The van der Waals surface area contributed by atoms with Crippen LogP contribution >= 0.6 is 11.3 Å². The minimum atomic E-state index is -0.237. The van der Waals surface area contributed by atoms with Gasteiger partial charge in [-0.15, -0.1) is 0 Å². The van der Waals surface area contributed by atoms with Crippen molar-refractivity contribution < 1.29 is 14.3 Å². The second-order valence-electron chi connectivity index (χ2n) is 11.5. The molecule has 0 aliphatic carbocycles. The first-order chi connectivity index (χ1) is 21.5. The van der Waals surface area contributed by atoms with Crippen molar-refractivity contribution in [3.63, 3.8) is 0 Å². The predicted octanol–water partition coefficient (Wildman–Crippen LogP) is 5.36. The Morgan fingerprint density at radius 3 is 2.66 bits per heavy atom. The third kappa shape index (κ3) is 5.95. The van der Waals surface area contributed by atoms with E-state index < -0.39 is 0 Å². The molecule has 2 amide bonds. The normalized spacial score (nSPS) is 18.0. The third-order valence-electron chi connectivity index (χ3n) is 8.42. The van der Waals surface area contributed by atoms with Crippen LogP contribution in [0.15, 0.2) is 60.8 Å². The number of carbonyl (C=O) groups is 2. The molecule has 12 heteroatoms. The number of hydrogen-bond donors (Lipinski definition) is 3. The molecule has 2 fully saturated rings. The summed E-state index contributed by atoms with van der Waals surface area (Å²) < 4.78 is 7.29. The highest BCUT2D eigenvalue weighted by molar-refractivity contribution is 7.22. The number of fused-ring (bicyclic) bond motifs is 2. The van der Waals surface area contributed by atoms with Gasteiger partial charge >= 0.3 is 0 Å². The standard InChI is InChI=1S/C32H34N8O3S/c1-39-17-13-21(14-18-39)31(42)40-16-4-5-22(19-40)34-29-27-25(12-15-33-28(27)37-38-29)43-23-10-8-20(9-11-23)30(41)36-32-35-24-6-2-3-7-26(24)44-32/h2-3,6-12,15,21-22H,4-5,13-14,16-19H2,1H3,(H,35,36,41)(H2,33,34,37,38). The molecule has 5 heterocycles. The summed E-state index contributed by atoms with van der Waals surface area (Å²) in [5.74, 6) is 1.97. The van der Waals surface area contributed by atoms with Gasteiger partial charge in [0, 0.05) is 42.9 Å². The van der Waals surface area contributed by atoms with Crippen LogP contribution in [0, 0.1) is 5.92 Å². The van der Waals surface area contributed by atoms with Gasteiger partial charge in [0.15, 0.2) is 16.6 Å². The molecular weight excluding hydrogens is 576 g/mol. The van der Waals surface area contributed by atoms with E-state index in [0.29, 0.717) is 40.2 Å². The largest absolute Gasteiger partial charge is 0.456 e. The van der Waals surface area contributed by atoms with Crippen LogP contribution in [0.1, 0.15) is 36.0 Å². The van der Waals surface area contributed by atoms with Gasteiger partial charge in [0.05, 0.1) is 10.2 Å². The lowest BCUT2D eigenvalue weighted by Gasteiger charge is -2.37. The number of hydrogen-bond acceptors (Lipinski definition) is 9. The molecule has 5 aromatic rings. The number of thiazole rings is 1. The van der Waals surface area contributed by atoms with E-state index in [0.717, 1.165) is 60.9 Å². The van der Waals surface area contributed by atoms with Crippen molar-refractivity contribution in [2.45, 2.75) is 31.7 Å². The first-order valence-electron chi connectivity index (χ1n) is 15.0. The van der Waals surface area contributed by atoms with E-state index >= 15 is 0 Å². The summed E-state index contributed by atoms with van der Waals surface area (Å²) in [5, 5.41) is 15.3. The van der Waals surface area contributed by atoms with Gasteiger partial charge in [-0.05, 0) is 82.2 Å². The van der Waals surface area contributed by atoms with Gasteiger partial charge in [-0.25, -0.2) is 9.97 Å². The van der Waals surface area contributed by atoms with Gasteiger partial charge in [-0.1, -0.05) is 23.5 Å². The zero-order valence-electron chi connectivity index (χ0n) is 24.5. The number of amides is 2. The van der Waals surface area contributed by atoms with Crippen LogP contribution in [0.5, 0.6) is 11.5 Å². The molecule has 1 unspecified atom stereocenters. The summed E-state index contributed by atoms with van der Waals surface area (Å²) in [4.78, 5) is 39.4. The number of aromatic amines is 1. The molecule has 3 aromatic heterocycles. The van der Waals surface area contributed by atoms with Crippen LogP contribution in [0.25, 0.3) is 21.3 Å². The number of anilines is 2. The zero-order chi connectivity index (χ0) is 30.0. The molecular formula is C32H34N8O3S. The molecule has 2 aliphatic heterocycles. The maximum atomic E-state index is 13.3. The Kier molecular flexibility index (Phi) is 7.84. The zero-order valence-corrected chi connectivity index (χ0v) is 25.3. The molecule has 7 rings (SSSR count). The summed E-state index contributed by atoms with van der Waals surface area (Å²) in [6.07, 6.45) is 5.41. The third-order valence-corrected chi connectivity index (χ3v) is 9.38. The van der Waals surface area contributed by atoms with E-state index in [4.69, 9.17) is 4.74 Å². The molecule has 0 bridgehead atoms. The molecule has 44 heavy (non-hydrogen) atoms. The topological polar surface area (TPSA) is 128 Å². The fraction of sp³-hybridized carbons (Fsp3) is 0.344. The second kappa shape index (κ2) is 12.2. The Labute approximate surface area is 258 Å². The number of nitrogens with zero attached hydrogens (tertiary/aromatic N) is 5. The number of likely N-dealkylation sites (tertiary alicyclic amines) is 2. The summed E-state index contributed by atoms with van der Waals surface area (Å²) in [6, 6.07) is 16.6. The van der Waals surface area contributed by atoms with Crippen LogP contribution in [0.2, 0.25) is 0 Å². The number of piperidine rings is 2. The van der Waals surface area contributed by atoms with E-state index in [9.17, 15) is 9.59 Å². The highest BCUT2D eigenvalue weighted by Crippen LogP contribution is 2.34. The maximum absolute atomic E-state index is 13.3. The van der Waals surface area contributed by atoms with Gasteiger partial charge in [0.1, 0.15) is 16.9 Å². The predicted molar refractivity (Wildman–Crippen MR) is 171 cm³/mol. The lowest BCUT2D eigenvalue weighted by molar-refractivity contribution is -0.138. The number of pyridine rings is 1. The van der Waals surface area contributed by atoms with Crippen molar-refractivity contribution in [3.05, 3.63) is 66.4 Å². The Morgan fingerprint density at radius 1 is 1.02 bits per heavy atom. The molecule has 2 aromatic carbocycles. The van der Waals surface area contributed by atoms with Crippen molar-refractivity contribution in [2.75, 3.05) is 43.9 Å². The van der Waals surface area contributed by atoms with Crippen LogP contribution in [-0.2, 0) is 4.79 Å². The highest BCUT2D eigenvalue weighted by atomic mass is 32.1. The van der Waals surface area contributed by atoms with Crippen LogP contribution < -0.4 is 15.4 Å². The van der Waals surface area contributed by atoms with Gasteiger partial charge < -0.3 is 19.9 Å². The Balaban J connectivity index is 1.02. The minimum absolute atomic E-state index is 0.0757. The molecule has 226 valence electrons. The number of rotatable bonds is 7. The monoisotopic (exact) mass is 610 g/mol. The summed E-state index contributed by atoms with van der Waals surface area (Å²) in [7, 11) is 2.11. The van der Waals surface area contributed by atoms with Crippen molar-refractivity contribution in [3.8, 4) is 11.5 Å². The number of aromatic nitrogens is 4. The Hall–Kier alpha value is -4.55. The van der Waals surface area contributed by atoms with Crippen LogP contribution in [0.3, 0.4) is 0 Å².